The molecular weight excluding hydrogens is 408 g/mol. The first-order chi connectivity index (χ1) is 14.0. The van der Waals surface area contributed by atoms with E-state index in [9.17, 15) is 9.59 Å². The summed E-state index contributed by atoms with van der Waals surface area (Å²) in [5.74, 6) is 0.711. The number of rotatable bonds is 10. The van der Waals surface area contributed by atoms with Gasteiger partial charge in [0, 0.05) is 24.4 Å². The third-order valence-corrected chi connectivity index (χ3v) is 6.29. The number of aromatic nitrogens is 4. The number of aryl methyl sites for hydroxylation is 2. The first kappa shape index (κ1) is 21.7. The van der Waals surface area contributed by atoms with Crippen LogP contribution in [-0.2, 0) is 19.3 Å². The standard InChI is InChI=1S/C21H27ClN4O2S/c1-3-4-5-6-7-8-13-26-17-18(25(2)20(28)24-19(17)27)23-21(26)29-14-15-9-11-16(22)12-10-15/h9-12H,3-8,13-14H2,1-2H3,(H,24,27,28). The fraction of sp³-hybridized carbons (Fsp3) is 0.476. The van der Waals surface area contributed by atoms with Gasteiger partial charge >= 0.3 is 5.69 Å². The molecule has 3 rings (SSSR count). The lowest BCUT2D eigenvalue weighted by Crippen LogP contribution is -2.29. The highest BCUT2D eigenvalue weighted by Crippen LogP contribution is 2.26. The molecule has 1 aromatic carbocycles. The SMILES string of the molecule is CCCCCCCCn1c(SCc2ccc(Cl)cc2)nc2c1c(=O)[nH]c(=O)n2C. The van der Waals surface area contributed by atoms with E-state index >= 15 is 0 Å². The number of nitrogens with one attached hydrogen (secondary N) is 1. The first-order valence-electron chi connectivity index (χ1n) is 10.1. The Bertz CT molecular complexity index is 1070. The van der Waals surface area contributed by atoms with Crippen molar-refractivity contribution in [3.05, 3.63) is 55.7 Å². The summed E-state index contributed by atoms with van der Waals surface area (Å²) in [7, 11) is 1.64. The van der Waals surface area contributed by atoms with Gasteiger partial charge in [-0.3, -0.25) is 14.3 Å². The Morgan fingerprint density at radius 2 is 1.76 bits per heavy atom. The van der Waals surface area contributed by atoms with Crippen molar-refractivity contribution in [2.45, 2.75) is 62.9 Å². The van der Waals surface area contributed by atoms with Crippen molar-refractivity contribution in [1.29, 1.82) is 0 Å². The number of hydrogen-bond donors (Lipinski definition) is 1. The molecule has 0 radical (unpaired) electrons. The number of fused-ring (bicyclic) bond motifs is 1. The summed E-state index contributed by atoms with van der Waals surface area (Å²) in [6.45, 7) is 2.92. The molecule has 8 heteroatoms. The predicted octanol–water partition coefficient (Wildman–Crippen LogP) is 4.73. The summed E-state index contributed by atoms with van der Waals surface area (Å²) in [5, 5.41) is 1.46. The number of halogens is 1. The van der Waals surface area contributed by atoms with Crippen molar-refractivity contribution in [3.8, 4) is 0 Å². The van der Waals surface area contributed by atoms with Crippen LogP contribution in [0.15, 0.2) is 39.0 Å². The van der Waals surface area contributed by atoms with Gasteiger partial charge in [-0.05, 0) is 24.1 Å². The fourth-order valence-corrected chi connectivity index (χ4v) is 4.41. The minimum absolute atomic E-state index is 0.375. The quantitative estimate of drug-likeness (QED) is 0.370. The first-order valence-corrected chi connectivity index (χ1v) is 11.4. The van der Waals surface area contributed by atoms with Crippen LogP contribution >= 0.6 is 23.4 Å². The second-order valence-corrected chi connectivity index (χ2v) is 8.60. The smallest absolute Gasteiger partial charge is 0.313 e. The minimum atomic E-state index is -0.444. The molecule has 0 aliphatic heterocycles. The molecule has 2 aromatic heterocycles. The number of nitrogens with zero attached hydrogens (tertiary/aromatic N) is 3. The van der Waals surface area contributed by atoms with E-state index in [0.29, 0.717) is 28.5 Å². The van der Waals surface area contributed by atoms with Crippen molar-refractivity contribution in [3.63, 3.8) is 0 Å². The zero-order chi connectivity index (χ0) is 20.8. The highest BCUT2D eigenvalue weighted by Gasteiger charge is 2.17. The van der Waals surface area contributed by atoms with Gasteiger partial charge in [-0.1, -0.05) is 74.5 Å². The monoisotopic (exact) mass is 434 g/mol. The van der Waals surface area contributed by atoms with Crippen LogP contribution in [0, 0.1) is 0 Å². The van der Waals surface area contributed by atoms with Crippen LogP contribution in [0.1, 0.15) is 51.0 Å². The van der Waals surface area contributed by atoms with E-state index in [0.717, 1.165) is 23.6 Å². The zero-order valence-electron chi connectivity index (χ0n) is 16.9. The summed E-state index contributed by atoms with van der Waals surface area (Å²) < 4.78 is 3.37. The molecule has 29 heavy (non-hydrogen) atoms. The van der Waals surface area contributed by atoms with Crippen LogP contribution < -0.4 is 11.2 Å². The maximum Gasteiger partial charge on any atom is 0.329 e. The van der Waals surface area contributed by atoms with Gasteiger partial charge in [-0.25, -0.2) is 9.78 Å². The molecule has 0 fully saturated rings. The van der Waals surface area contributed by atoms with Gasteiger partial charge in [0.2, 0.25) is 0 Å². The van der Waals surface area contributed by atoms with E-state index in [1.807, 2.05) is 28.8 Å². The zero-order valence-corrected chi connectivity index (χ0v) is 18.5. The van der Waals surface area contributed by atoms with E-state index in [1.165, 1.54) is 30.3 Å². The number of thioether (sulfide) groups is 1. The number of H-pyrrole nitrogens is 1. The summed E-state index contributed by atoms with van der Waals surface area (Å²) >= 11 is 7.53. The van der Waals surface area contributed by atoms with Crippen molar-refractivity contribution in [1.82, 2.24) is 19.1 Å². The van der Waals surface area contributed by atoms with E-state index < -0.39 is 5.69 Å². The number of hydrogen-bond acceptors (Lipinski definition) is 4. The number of benzene rings is 1. The summed E-state index contributed by atoms with van der Waals surface area (Å²) in [6.07, 6.45) is 7.02. The molecule has 0 aliphatic carbocycles. The molecule has 0 aliphatic rings. The molecule has 0 spiro atoms. The molecular formula is C21H27ClN4O2S. The minimum Gasteiger partial charge on any atom is -0.313 e. The number of aromatic amines is 1. The van der Waals surface area contributed by atoms with Crippen LogP contribution in [-0.4, -0.2) is 19.1 Å². The van der Waals surface area contributed by atoms with Gasteiger partial charge in [-0.15, -0.1) is 0 Å². The number of unbranched alkanes of at least 4 members (excludes halogenated alkanes) is 5. The van der Waals surface area contributed by atoms with E-state index in [-0.39, 0.29) is 5.56 Å². The largest absolute Gasteiger partial charge is 0.329 e. The Balaban J connectivity index is 1.85. The lowest BCUT2D eigenvalue weighted by atomic mass is 10.1. The van der Waals surface area contributed by atoms with Crippen LogP contribution in [0.25, 0.3) is 11.2 Å². The van der Waals surface area contributed by atoms with E-state index in [1.54, 1.807) is 18.8 Å². The van der Waals surface area contributed by atoms with Crippen molar-refractivity contribution >= 4 is 34.5 Å². The fourth-order valence-electron chi connectivity index (χ4n) is 3.31. The molecule has 1 N–H and O–H groups in total. The Labute approximate surface area is 179 Å². The Kier molecular flexibility index (Phi) is 7.61. The Hall–Kier alpha value is -1.99. The van der Waals surface area contributed by atoms with Crippen LogP contribution in [0.4, 0.5) is 0 Å². The molecule has 0 unspecified atom stereocenters. The lowest BCUT2D eigenvalue weighted by Gasteiger charge is -2.09. The summed E-state index contributed by atoms with van der Waals surface area (Å²) in [6, 6.07) is 7.70. The maximum atomic E-state index is 12.5. The number of imidazole rings is 1. The second kappa shape index (κ2) is 10.2. The van der Waals surface area contributed by atoms with E-state index in [4.69, 9.17) is 11.6 Å². The average molecular weight is 435 g/mol. The third-order valence-electron chi connectivity index (χ3n) is 4.99. The van der Waals surface area contributed by atoms with E-state index in [2.05, 4.69) is 16.9 Å². The highest BCUT2D eigenvalue weighted by atomic mass is 35.5. The lowest BCUT2D eigenvalue weighted by molar-refractivity contribution is 0.544. The van der Waals surface area contributed by atoms with Crippen molar-refractivity contribution in [2.24, 2.45) is 7.05 Å². The van der Waals surface area contributed by atoms with Crippen LogP contribution in [0.2, 0.25) is 5.02 Å². The van der Waals surface area contributed by atoms with Gasteiger partial charge < -0.3 is 4.57 Å². The van der Waals surface area contributed by atoms with Crippen molar-refractivity contribution in [2.75, 3.05) is 0 Å². The molecule has 0 atom stereocenters. The van der Waals surface area contributed by atoms with Crippen LogP contribution in [0.3, 0.4) is 0 Å². The molecule has 3 aromatic rings. The molecule has 0 bridgehead atoms. The Morgan fingerprint density at radius 3 is 2.48 bits per heavy atom. The molecule has 2 heterocycles. The van der Waals surface area contributed by atoms with Gasteiger partial charge in [0.25, 0.3) is 5.56 Å². The van der Waals surface area contributed by atoms with Crippen molar-refractivity contribution < 1.29 is 0 Å². The topological polar surface area (TPSA) is 72.7 Å². The Morgan fingerprint density at radius 1 is 1.07 bits per heavy atom. The second-order valence-electron chi connectivity index (χ2n) is 7.22. The van der Waals surface area contributed by atoms with Gasteiger partial charge in [0.05, 0.1) is 0 Å². The molecule has 0 saturated carbocycles. The normalized spacial score (nSPS) is 11.4. The van der Waals surface area contributed by atoms with Gasteiger partial charge in [0.15, 0.2) is 16.3 Å². The maximum absolute atomic E-state index is 12.5. The predicted molar refractivity (Wildman–Crippen MR) is 120 cm³/mol. The van der Waals surface area contributed by atoms with Gasteiger partial charge in [0.1, 0.15) is 0 Å². The van der Waals surface area contributed by atoms with Crippen LogP contribution in [0.5, 0.6) is 0 Å². The third kappa shape index (κ3) is 5.34. The summed E-state index contributed by atoms with van der Waals surface area (Å²) in [5.41, 5.74) is 1.21. The highest BCUT2D eigenvalue weighted by molar-refractivity contribution is 7.98. The van der Waals surface area contributed by atoms with Gasteiger partial charge in [-0.2, -0.15) is 0 Å². The molecule has 0 amide bonds. The molecule has 6 nitrogen and oxygen atoms in total. The molecule has 0 saturated heterocycles. The average Bonchev–Trinajstić information content (AvgIpc) is 3.07. The molecule has 156 valence electrons. The summed E-state index contributed by atoms with van der Waals surface area (Å²) in [4.78, 5) is 31.5.